The molecule has 0 saturated carbocycles. The third-order valence-corrected chi connectivity index (χ3v) is 7.51. The maximum Gasteiger partial charge on any atom is 0.180 e. The SMILES string of the molecule is CCC1=NCc2cc(-c3cn4ccnc4c(Nc4ccc(C(C)(C)CN5CCOCC5)cc4)n3)ccc21. The number of ether oxygens (including phenoxy) is 1. The van der Waals surface area contributed by atoms with E-state index in [9.17, 15) is 0 Å². The van der Waals surface area contributed by atoms with Crippen LogP contribution in [0.3, 0.4) is 0 Å². The lowest BCUT2D eigenvalue weighted by Crippen LogP contribution is -2.43. The maximum absolute atomic E-state index is 5.51. The number of benzene rings is 2. The number of aromatic nitrogens is 3. The molecule has 0 aliphatic carbocycles. The van der Waals surface area contributed by atoms with Gasteiger partial charge in [0.25, 0.3) is 0 Å². The molecule has 1 saturated heterocycles. The van der Waals surface area contributed by atoms with Gasteiger partial charge in [-0.2, -0.15) is 0 Å². The lowest BCUT2D eigenvalue weighted by Gasteiger charge is -2.35. The minimum absolute atomic E-state index is 0.0549. The molecule has 0 unspecified atom stereocenters. The molecule has 37 heavy (non-hydrogen) atoms. The van der Waals surface area contributed by atoms with E-state index >= 15 is 0 Å². The molecule has 1 fully saturated rings. The van der Waals surface area contributed by atoms with E-state index < -0.39 is 0 Å². The first kappa shape index (κ1) is 23.8. The Morgan fingerprint density at radius 3 is 2.65 bits per heavy atom. The van der Waals surface area contributed by atoms with E-state index in [0.717, 1.165) is 74.2 Å². The number of nitrogens with one attached hydrogen (secondary N) is 1. The average Bonchev–Trinajstić information content (AvgIpc) is 3.56. The van der Waals surface area contributed by atoms with Crippen molar-refractivity contribution >= 4 is 22.9 Å². The molecule has 190 valence electrons. The minimum Gasteiger partial charge on any atom is -0.379 e. The van der Waals surface area contributed by atoms with Gasteiger partial charge in [-0.3, -0.25) is 9.89 Å². The highest BCUT2D eigenvalue weighted by Crippen LogP contribution is 2.30. The standard InChI is InChI=1S/C30H34N6O/c1-4-26-25-10-5-21(17-22(25)18-32-26)27-19-36-12-11-31-29(36)28(34-27)33-24-8-6-23(7-9-24)30(2,3)20-35-13-15-37-16-14-35/h5-12,17,19H,4,13-16,18,20H2,1-3H3,(H,33,34). The van der Waals surface area contributed by atoms with Crippen LogP contribution in [0.5, 0.6) is 0 Å². The summed E-state index contributed by atoms with van der Waals surface area (Å²) in [4.78, 5) is 16.7. The normalized spacial score (nSPS) is 16.1. The van der Waals surface area contributed by atoms with Gasteiger partial charge < -0.3 is 14.5 Å². The zero-order valence-electron chi connectivity index (χ0n) is 21.9. The van der Waals surface area contributed by atoms with Gasteiger partial charge in [0.2, 0.25) is 0 Å². The Bertz CT molecular complexity index is 1450. The van der Waals surface area contributed by atoms with Crippen LogP contribution in [0.4, 0.5) is 11.5 Å². The largest absolute Gasteiger partial charge is 0.379 e. The van der Waals surface area contributed by atoms with Crippen LogP contribution >= 0.6 is 0 Å². The molecule has 1 N–H and O–H groups in total. The van der Waals surface area contributed by atoms with Crippen molar-refractivity contribution in [3.8, 4) is 11.3 Å². The van der Waals surface area contributed by atoms with Crippen LogP contribution in [0, 0.1) is 0 Å². The molecule has 2 aliphatic rings. The maximum atomic E-state index is 5.51. The summed E-state index contributed by atoms with van der Waals surface area (Å²) in [5, 5.41) is 3.53. The third kappa shape index (κ3) is 4.77. The van der Waals surface area contributed by atoms with E-state index in [2.05, 4.69) is 83.4 Å². The number of hydrogen-bond donors (Lipinski definition) is 1. The van der Waals surface area contributed by atoms with Gasteiger partial charge in [0.1, 0.15) is 0 Å². The van der Waals surface area contributed by atoms with Crippen molar-refractivity contribution in [1.82, 2.24) is 19.3 Å². The number of anilines is 2. The average molecular weight is 495 g/mol. The molecule has 0 amide bonds. The van der Waals surface area contributed by atoms with Crippen molar-refractivity contribution in [2.24, 2.45) is 4.99 Å². The topological polar surface area (TPSA) is 67.0 Å². The molecule has 7 nitrogen and oxygen atoms in total. The van der Waals surface area contributed by atoms with E-state index in [0.29, 0.717) is 0 Å². The number of aliphatic imine (C=N–C) groups is 1. The van der Waals surface area contributed by atoms with Crippen LogP contribution in [0.25, 0.3) is 16.9 Å². The van der Waals surface area contributed by atoms with Gasteiger partial charge in [-0.25, -0.2) is 9.97 Å². The van der Waals surface area contributed by atoms with E-state index in [1.165, 1.54) is 22.4 Å². The summed E-state index contributed by atoms with van der Waals surface area (Å²) in [6.45, 7) is 12.2. The van der Waals surface area contributed by atoms with Gasteiger partial charge in [-0.15, -0.1) is 0 Å². The Labute approximate surface area is 218 Å². The van der Waals surface area contributed by atoms with Gasteiger partial charge in [0.05, 0.1) is 25.5 Å². The number of hydrogen-bond acceptors (Lipinski definition) is 6. The van der Waals surface area contributed by atoms with Crippen molar-refractivity contribution in [1.29, 1.82) is 0 Å². The van der Waals surface area contributed by atoms with Gasteiger partial charge in [0, 0.05) is 66.2 Å². The Morgan fingerprint density at radius 1 is 1.05 bits per heavy atom. The summed E-state index contributed by atoms with van der Waals surface area (Å²) in [5.41, 5.74) is 8.90. The molecule has 2 aromatic carbocycles. The molecule has 4 aromatic rings. The number of fused-ring (bicyclic) bond motifs is 2. The second-order valence-corrected chi connectivity index (χ2v) is 10.6. The minimum atomic E-state index is 0.0549. The lowest BCUT2D eigenvalue weighted by atomic mass is 9.84. The Balaban J connectivity index is 1.25. The first-order valence-electron chi connectivity index (χ1n) is 13.2. The predicted molar refractivity (Wildman–Crippen MR) is 149 cm³/mol. The molecule has 2 aromatic heterocycles. The van der Waals surface area contributed by atoms with E-state index in [-0.39, 0.29) is 5.41 Å². The van der Waals surface area contributed by atoms with Crippen LogP contribution in [0.15, 0.2) is 66.0 Å². The van der Waals surface area contributed by atoms with Crippen molar-refractivity contribution in [2.75, 3.05) is 38.2 Å². The van der Waals surface area contributed by atoms with Gasteiger partial charge in [-0.1, -0.05) is 45.0 Å². The Morgan fingerprint density at radius 2 is 1.86 bits per heavy atom. The number of nitrogens with zero attached hydrogens (tertiary/aromatic N) is 5. The number of imidazole rings is 1. The smallest absolute Gasteiger partial charge is 0.180 e. The third-order valence-electron chi connectivity index (χ3n) is 7.51. The zero-order valence-corrected chi connectivity index (χ0v) is 21.9. The van der Waals surface area contributed by atoms with E-state index in [4.69, 9.17) is 9.72 Å². The summed E-state index contributed by atoms with van der Waals surface area (Å²) >= 11 is 0. The van der Waals surface area contributed by atoms with Gasteiger partial charge >= 0.3 is 0 Å². The molecule has 7 heteroatoms. The summed E-state index contributed by atoms with van der Waals surface area (Å²) in [5.74, 6) is 0.744. The fourth-order valence-corrected chi connectivity index (χ4v) is 5.44. The summed E-state index contributed by atoms with van der Waals surface area (Å²) in [6, 6.07) is 15.3. The molecule has 6 rings (SSSR count). The predicted octanol–water partition coefficient (Wildman–Crippen LogP) is 5.46. The molecular weight excluding hydrogens is 460 g/mol. The Hall–Kier alpha value is -3.55. The highest BCUT2D eigenvalue weighted by Gasteiger charge is 2.25. The first-order chi connectivity index (χ1) is 18.0. The first-order valence-corrected chi connectivity index (χ1v) is 13.2. The van der Waals surface area contributed by atoms with Crippen LogP contribution in [0.1, 0.15) is 43.9 Å². The highest BCUT2D eigenvalue weighted by atomic mass is 16.5. The quantitative estimate of drug-likeness (QED) is 0.369. The molecule has 0 radical (unpaired) electrons. The van der Waals surface area contributed by atoms with E-state index in [1.54, 1.807) is 0 Å². The molecule has 2 aliphatic heterocycles. The van der Waals surface area contributed by atoms with Gasteiger partial charge in [-0.05, 0) is 35.7 Å². The Kier molecular flexibility index (Phi) is 6.26. The molecule has 0 spiro atoms. The van der Waals surface area contributed by atoms with Crippen LogP contribution in [-0.2, 0) is 16.7 Å². The molecular formula is C30H34N6O. The van der Waals surface area contributed by atoms with Crippen LogP contribution in [-0.4, -0.2) is 57.8 Å². The fraction of sp³-hybridized carbons (Fsp3) is 0.367. The lowest BCUT2D eigenvalue weighted by molar-refractivity contribution is 0.0295. The van der Waals surface area contributed by atoms with Gasteiger partial charge in [0.15, 0.2) is 11.5 Å². The molecule has 0 atom stereocenters. The zero-order chi connectivity index (χ0) is 25.4. The van der Waals surface area contributed by atoms with Crippen LogP contribution in [0.2, 0.25) is 0 Å². The fourth-order valence-electron chi connectivity index (χ4n) is 5.44. The summed E-state index contributed by atoms with van der Waals surface area (Å²) in [7, 11) is 0. The van der Waals surface area contributed by atoms with Crippen molar-refractivity contribution in [3.05, 3.63) is 77.7 Å². The van der Waals surface area contributed by atoms with Crippen molar-refractivity contribution < 1.29 is 4.74 Å². The van der Waals surface area contributed by atoms with Crippen molar-refractivity contribution in [3.63, 3.8) is 0 Å². The highest BCUT2D eigenvalue weighted by molar-refractivity contribution is 6.03. The molecule has 4 heterocycles. The molecule has 0 bridgehead atoms. The number of rotatable bonds is 7. The second kappa shape index (κ2) is 9.72. The van der Waals surface area contributed by atoms with E-state index in [1.807, 2.05) is 23.0 Å². The monoisotopic (exact) mass is 494 g/mol. The second-order valence-electron chi connectivity index (χ2n) is 10.6. The summed E-state index contributed by atoms with van der Waals surface area (Å²) < 4.78 is 7.55. The van der Waals surface area contributed by atoms with Crippen LogP contribution < -0.4 is 5.32 Å². The number of morpholine rings is 1. The summed E-state index contributed by atoms with van der Waals surface area (Å²) in [6.07, 6.45) is 6.79. The van der Waals surface area contributed by atoms with Crippen molar-refractivity contribution in [2.45, 2.75) is 39.2 Å².